The molecule has 0 radical (unpaired) electrons. The lowest BCUT2D eigenvalue weighted by Crippen LogP contribution is -2.47. The van der Waals surface area contributed by atoms with E-state index >= 15 is 0 Å². The lowest BCUT2D eigenvalue weighted by Gasteiger charge is -2.41. The molecule has 13 heavy (non-hydrogen) atoms. The van der Waals surface area contributed by atoms with Crippen LogP contribution in [0.5, 0.6) is 0 Å². The first-order chi connectivity index (χ1) is 6.25. The Kier molecular flexibility index (Phi) is 2.31. The molecule has 1 spiro atoms. The molecule has 1 saturated carbocycles. The number of nitrogens with zero attached hydrogens (tertiary/aromatic N) is 1. The minimum Gasteiger partial charge on any atom is -0.337 e. The molecule has 2 fully saturated rings. The second-order valence-electron chi connectivity index (χ2n) is 4.56. The van der Waals surface area contributed by atoms with Crippen LogP contribution in [0.1, 0.15) is 51.9 Å². The maximum absolute atomic E-state index is 11.4. The normalized spacial score (nSPS) is 26.7. The molecule has 0 aromatic carbocycles. The van der Waals surface area contributed by atoms with Gasteiger partial charge in [0.1, 0.15) is 0 Å². The molecule has 0 aromatic rings. The van der Waals surface area contributed by atoms with E-state index in [1.54, 1.807) is 6.92 Å². The summed E-state index contributed by atoms with van der Waals surface area (Å²) in [6.07, 6.45) is 9.01. The van der Waals surface area contributed by atoms with Crippen LogP contribution >= 0.6 is 0 Å². The first-order valence-corrected chi connectivity index (χ1v) is 5.53. The molecule has 1 amide bonds. The first-order valence-electron chi connectivity index (χ1n) is 5.53. The molecular formula is C11H19NO. The second kappa shape index (κ2) is 3.32. The van der Waals surface area contributed by atoms with Gasteiger partial charge in [-0.1, -0.05) is 19.3 Å². The van der Waals surface area contributed by atoms with E-state index in [2.05, 4.69) is 4.90 Å². The van der Waals surface area contributed by atoms with E-state index in [0.29, 0.717) is 11.4 Å². The molecule has 2 nitrogen and oxygen atoms in total. The standard InChI is InChI=1S/C11H19NO/c1-10(13)12-9-5-8-11(12)6-3-2-4-7-11/h2-9H2,1H3. The lowest BCUT2D eigenvalue weighted by molar-refractivity contribution is -0.134. The predicted octanol–water partition coefficient (Wildman–Crippen LogP) is 2.33. The van der Waals surface area contributed by atoms with Crippen LogP contribution in [0.4, 0.5) is 0 Å². The molecule has 1 heterocycles. The third-order valence-electron chi connectivity index (χ3n) is 3.76. The third-order valence-corrected chi connectivity index (χ3v) is 3.76. The fourth-order valence-electron chi connectivity index (χ4n) is 3.16. The van der Waals surface area contributed by atoms with Crippen molar-refractivity contribution in [1.29, 1.82) is 0 Å². The van der Waals surface area contributed by atoms with Crippen molar-refractivity contribution >= 4 is 5.91 Å². The van der Waals surface area contributed by atoms with Crippen LogP contribution in [0.3, 0.4) is 0 Å². The van der Waals surface area contributed by atoms with Crippen molar-refractivity contribution in [3.63, 3.8) is 0 Å². The topological polar surface area (TPSA) is 20.3 Å². The van der Waals surface area contributed by atoms with E-state index in [1.165, 1.54) is 44.9 Å². The van der Waals surface area contributed by atoms with Crippen molar-refractivity contribution < 1.29 is 4.79 Å². The van der Waals surface area contributed by atoms with Crippen molar-refractivity contribution in [2.45, 2.75) is 57.4 Å². The summed E-state index contributed by atoms with van der Waals surface area (Å²) in [5.74, 6) is 0.291. The number of carbonyl (C=O) groups excluding carboxylic acids is 1. The Morgan fingerprint density at radius 3 is 2.31 bits per heavy atom. The van der Waals surface area contributed by atoms with Crippen molar-refractivity contribution in [3.8, 4) is 0 Å². The summed E-state index contributed by atoms with van der Waals surface area (Å²) in [5, 5.41) is 0. The van der Waals surface area contributed by atoms with E-state index in [0.717, 1.165) is 6.54 Å². The zero-order chi connectivity index (χ0) is 9.31. The van der Waals surface area contributed by atoms with Crippen LogP contribution in [0.15, 0.2) is 0 Å². The summed E-state index contributed by atoms with van der Waals surface area (Å²) in [5.41, 5.74) is 0.296. The molecule has 1 aliphatic heterocycles. The molecule has 2 heteroatoms. The summed E-state index contributed by atoms with van der Waals surface area (Å²) < 4.78 is 0. The zero-order valence-corrected chi connectivity index (χ0v) is 8.51. The first kappa shape index (κ1) is 9.04. The van der Waals surface area contributed by atoms with Gasteiger partial charge in [-0.2, -0.15) is 0 Å². The lowest BCUT2D eigenvalue weighted by atomic mass is 9.80. The molecule has 0 N–H and O–H groups in total. The Bertz CT molecular complexity index is 206. The highest BCUT2D eigenvalue weighted by atomic mass is 16.2. The smallest absolute Gasteiger partial charge is 0.219 e. The molecule has 74 valence electrons. The predicted molar refractivity (Wildman–Crippen MR) is 52.4 cm³/mol. The van der Waals surface area contributed by atoms with Gasteiger partial charge >= 0.3 is 0 Å². The minimum atomic E-state index is 0.291. The van der Waals surface area contributed by atoms with Crippen LogP contribution < -0.4 is 0 Å². The summed E-state index contributed by atoms with van der Waals surface area (Å²) in [6.45, 7) is 2.73. The molecule has 1 saturated heterocycles. The van der Waals surface area contributed by atoms with Gasteiger partial charge in [0.2, 0.25) is 5.91 Å². The van der Waals surface area contributed by atoms with E-state index in [-0.39, 0.29) is 0 Å². The van der Waals surface area contributed by atoms with Gasteiger partial charge in [-0.05, 0) is 25.7 Å². The number of rotatable bonds is 0. The number of carbonyl (C=O) groups is 1. The number of amides is 1. The molecule has 0 atom stereocenters. The van der Waals surface area contributed by atoms with Crippen molar-refractivity contribution in [1.82, 2.24) is 4.90 Å². The average Bonchev–Trinajstić information content (AvgIpc) is 2.50. The van der Waals surface area contributed by atoms with Gasteiger partial charge in [-0.25, -0.2) is 0 Å². The fraction of sp³-hybridized carbons (Fsp3) is 0.909. The maximum Gasteiger partial charge on any atom is 0.219 e. The van der Waals surface area contributed by atoms with E-state index < -0.39 is 0 Å². The Balaban J connectivity index is 2.13. The van der Waals surface area contributed by atoms with Gasteiger partial charge in [-0.15, -0.1) is 0 Å². The largest absolute Gasteiger partial charge is 0.337 e. The van der Waals surface area contributed by atoms with E-state index in [4.69, 9.17) is 0 Å². The molecule has 1 aliphatic carbocycles. The highest BCUT2D eigenvalue weighted by Crippen LogP contribution is 2.41. The third kappa shape index (κ3) is 1.47. The van der Waals surface area contributed by atoms with Crippen LogP contribution in [0, 0.1) is 0 Å². The van der Waals surface area contributed by atoms with Crippen LogP contribution in [-0.2, 0) is 4.79 Å². The highest BCUT2D eigenvalue weighted by Gasteiger charge is 2.42. The Labute approximate surface area is 80.3 Å². The Morgan fingerprint density at radius 2 is 1.69 bits per heavy atom. The van der Waals surface area contributed by atoms with Gasteiger partial charge in [0, 0.05) is 19.0 Å². The molecular weight excluding hydrogens is 162 g/mol. The number of likely N-dealkylation sites (tertiary alicyclic amines) is 1. The molecule has 2 rings (SSSR count). The van der Waals surface area contributed by atoms with Crippen LogP contribution in [0.2, 0.25) is 0 Å². The van der Waals surface area contributed by atoms with Gasteiger partial charge < -0.3 is 4.90 Å². The zero-order valence-electron chi connectivity index (χ0n) is 8.51. The minimum absolute atomic E-state index is 0.291. The van der Waals surface area contributed by atoms with Crippen molar-refractivity contribution in [2.24, 2.45) is 0 Å². The summed E-state index contributed by atoms with van der Waals surface area (Å²) >= 11 is 0. The Hall–Kier alpha value is -0.530. The van der Waals surface area contributed by atoms with E-state index in [9.17, 15) is 4.79 Å². The fourth-order valence-corrected chi connectivity index (χ4v) is 3.16. The average molecular weight is 181 g/mol. The molecule has 0 unspecified atom stereocenters. The van der Waals surface area contributed by atoms with Gasteiger partial charge in [-0.3, -0.25) is 4.79 Å². The van der Waals surface area contributed by atoms with Crippen LogP contribution in [-0.4, -0.2) is 22.9 Å². The number of hydrogen-bond donors (Lipinski definition) is 0. The van der Waals surface area contributed by atoms with Gasteiger partial charge in [0.25, 0.3) is 0 Å². The van der Waals surface area contributed by atoms with Crippen molar-refractivity contribution in [3.05, 3.63) is 0 Å². The molecule has 0 aromatic heterocycles. The van der Waals surface area contributed by atoms with Crippen molar-refractivity contribution in [2.75, 3.05) is 6.54 Å². The monoisotopic (exact) mass is 181 g/mol. The number of hydrogen-bond acceptors (Lipinski definition) is 1. The van der Waals surface area contributed by atoms with Gasteiger partial charge in [0.15, 0.2) is 0 Å². The highest BCUT2D eigenvalue weighted by molar-refractivity contribution is 5.74. The van der Waals surface area contributed by atoms with Gasteiger partial charge in [0.05, 0.1) is 0 Å². The summed E-state index contributed by atoms with van der Waals surface area (Å²) in [6, 6.07) is 0. The second-order valence-corrected chi connectivity index (χ2v) is 4.56. The van der Waals surface area contributed by atoms with Crippen LogP contribution in [0.25, 0.3) is 0 Å². The SMILES string of the molecule is CC(=O)N1CCCC12CCCCC2. The summed E-state index contributed by atoms with van der Waals surface area (Å²) in [7, 11) is 0. The quantitative estimate of drug-likeness (QED) is 0.561. The maximum atomic E-state index is 11.4. The molecule has 0 bridgehead atoms. The summed E-state index contributed by atoms with van der Waals surface area (Å²) in [4.78, 5) is 13.6. The Morgan fingerprint density at radius 1 is 1.08 bits per heavy atom. The molecule has 2 aliphatic rings. The van der Waals surface area contributed by atoms with E-state index in [1.807, 2.05) is 0 Å².